The molecule has 1 amide bonds. The van der Waals surface area contributed by atoms with Crippen molar-refractivity contribution in [2.75, 3.05) is 14.2 Å². The van der Waals surface area contributed by atoms with Gasteiger partial charge in [-0.05, 0) is 48.4 Å². The Kier molecular flexibility index (Phi) is 5.84. The molecule has 0 N–H and O–H groups in total. The van der Waals surface area contributed by atoms with Crippen LogP contribution >= 0.6 is 0 Å². The zero-order valence-electron chi connectivity index (χ0n) is 15.9. The van der Waals surface area contributed by atoms with Gasteiger partial charge in [-0.1, -0.05) is 18.2 Å². The Morgan fingerprint density at radius 1 is 1.25 bits per heavy atom. The highest BCUT2D eigenvalue weighted by atomic mass is 19.1. The van der Waals surface area contributed by atoms with Crippen molar-refractivity contribution in [1.82, 2.24) is 19.7 Å². The Morgan fingerprint density at radius 3 is 2.61 bits per heavy atom. The standard InChI is InChI=1S/C21H21FN4O2/c1-15(17-6-8-18(9-7-17)26-14-23-13-24-26)25(2)21(27)11-5-16-4-10-20(28-3)19(22)12-16/h4-15H,1-3H3/b11-5+/t15-/m1/s1. The van der Waals surface area contributed by atoms with E-state index in [1.807, 2.05) is 31.2 Å². The molecule has 28 heavy (non-hydrogen) atoms. The molecule has 0 saturated heterocycles. The summed E-state index contributed by atoms with van der Waals surface area (Å²) in [5, 5.41) is 4.09. The average molecular weight is 380 g/mol. The van der Waals surface area contributed by atoms with Gasteiger partial charge in [0.15, 0.2) is 11.6 Å². The number of carbonyl (C=O) groups excluding carboxylic acids is 1. The highest BCUT2D eigenvalue weighted by Crippen LogP contribution is 2.21. The second-order valence-electron chi connectivity index (χ2n) is 6.28. The second-order valence-corrected chi connectivity index (χ2v) is 6.28. The van der Waals surface area contributed by atoms with Gasteiger partial charge in [0.25, 0.3) is 0 Å². The minimum Gasteiger partial charge on any atom is -0.494 e. The zero-order chi connectivity index (χ0) is 20.1. The van der Waals surface area contributed by atoms with E-state index < -0.39 is 5.82 Å². The van der Waals surface area contributed by atoms with Gasteiger partial charge in [0.05, 0.1) is 18.8 Å². The number of likely N-dealkylation sites (N-methyl/N-ethyl adjacent to an activating group) is 1. The molecular formula is C21H21FN4O2. The largest absolute Gasteiger partial charge is 0.494 e. The minimum absolute atomic E-state index is 0.130. The molecule has 0 unspecified atom stereocenters. The van der Waals surface area contributed by atoms with Crippen LogP contribution in [0.3, 0.4) is 0 Å². The number of rotatable bonds is 6. The lowest BCUT2D eigenvalue weighted by Crippen LogP contribution is -2.27. The Hall–Kier alpha value is -3.48. The molecular weight excluding hydrogens is 359 g/mol. The number of carbonyl (C=O) groups is 1. The van der Waals surface area contributed by atoms with Crippen molar-refractivity contribution in [3.8, 4) is 11.4 Å². The molecule has 6 nitrogen and oxygen atoms in total. The summed E-state index contributed by atoms with van der Waals surface area (Å²) in [4.78, 5) is 18.0. The molecule has 7 heteroatoms. The normalized spacial score (nSPS) is 12.1. The molecule has 3 aromatic rings. The summed E-state index contributed by atoms with van der Waals surface area (Å²) in [6.45, 7) is 1.95. The van der Waals surface area contributed by atoms with Gasteiger partial charge in [-0.25, -0.2) is 14.1 Å². The molecule has 1 aromatic heterocycles. The van der Waals surface area contributed by atoms with Crippen molar-refractivity contribution in [2.45, 2.75) is 13.0 Å². The first-order valence-electron chi connectivity index (χ1n) is 8.73. The lowest BCUT2D eigenvalue weighted by atomic mass is 10.1. The van der Waals surface area contributed by atoms with Crippen molar-refractivity contribution in [3.63, 3.8) is 0 Å². The zero-order valence-corrected chi connectivity index (χ0v) is 15.9. The monoisotopic (exact) mass is 380 g/mol. The smallest absolute Gasteiger partial charge is 0.246 e. The van der Waals surface area contributed by atoms with Crippen LogP contribution in [-0.2, 0) is 4.79 Å². The molecule has 0 aliphatic heterocycles. The molecule has 144 valence electrons. The summed E-state index contributed by atoms with van der Waals surface area (Å²) >= 11 is 0. The molecule has 0 bridgehead atoms. The molecule has 0 radical (unpaired) electrons. The van der Waals surface area contributed by atoms with Crippen LogP contribution in [0.2, 0.25) is 0 Å². The highest BCUT2D eigenvalue weighted by Gasteiger charge is 2.15. The molecule has 3 rings (SSSR count). The Balaban J connectivity index is 1.67. The van der Waals surface area contributed by atoms with Gasteiger partial charge < -0.3 is 9.64 Å². The number of hydrogen-bond acceptors (Lipinski definition) is 4. The summed E-state index contributed by atoms with van der Waals surface area (Å²) in [5.74, 6) is -0.473. The van der Waals surface area contributed by atoms with Crippen molar-refractivity contribution in [3.05, 3.63) is 78.1 Å². The van der Waals surface area contributed by atoms with E-state index in [0.29, 0.717) is 5.56 Å². The molecule has 0 spiro atoms. The quantitative estimate of drug-likeness (QED) is 0.613. The van der Waals surface area contributed by atoms with E-state index in [9.17, 15) is 9.18 Å². The van der Waals surface area contributed by atoms with Gasteiger partial charge in [-0.3, -0.25) is 4.79 Å². The van der Waals surface area contributed by atoms with Gasteiger partial charge in [0.2, 0.25) is 5.91 Å². The fourth-order valence-electron chi connectivity index (χ4n) is 2.73. The van der Waals surface area contributed by atoms with Gasteiger partial charge in [0.1, 0.15) is 12.7 Å². The molecule has 0 fully saturated rings. The maximum absolute atomic E-state index is 13.8. The van der Waals surface area contributed by atoms with Gasteiger partial charge in [0, 0.05) is 13.1 Å². The maximum atomic E-state index is 13.8. The van der Waals surface area contributed by atoms with E-state index >= 15 is 0 Å². The van der Waals surface area contributed by atoms with Crippen LogP contribution in [0.5, 0.6) is 5.75 Å². The van der Waals surface area contributed by atoms with E-state index in [2.05, 4.69) is 10.1 Å². The first kappa shape index (κ1) is 19.3. The van der Waals surface area contributed by atoms with Crippen molar-refractivity contribution >= 4 is 12.0 Å². The van der Waals surface area contributed by atoms with Crippen LogP contribution in [-0.4, -0.2) is 39.7 Å². The number of benzene rings is 2. The van der Waals surface area contributed by atoms with Gasteiger partial charge >= 0.3 is 0 Å². The van der Waals surface area contributed by atoms with Crippen molar-refractivity contribution < 1.29 is 13.9 Å². The van der Waals surface area contributed by atoms with E-state index in [0.717, 1.165) is 11.3 Å². The second kappa shape index (κ2) is 8.47. The SMILES string of the molecule is COc1ccc(/C=C/C(=O)N(C)[C@H](C)c2ccc(-n3cncn3)cc2)cc1F. The number of nitrogens with zero attached hydrogens (tertiary/aromatic N) is 4. The number of halogens is 1. The Bertz CT molecular complexity index is 969. The van der Waals surface area contributed by atoms with Gasteiger partial charge in [-0.2, -0.15) is 5.10 Å². The predicted octanol–water partition coefficient (Wildman–Crippen LogP) is 3.65. The highest BCUT2D eigenvalue weighted by molar-refractivity contribution is 5.91. The van der Waals surface area contributed by atoms with E-state index in [1.165, 1.54) is 31.6 Å². The lowest BCUT2D eigenvalue weighted by Gasteiger charge is -2.24. The third-order valence-corrected chi connectivity index (χ3v) is 4.58. The van der Waals surface area contributed by atoms with Crippen LogP contribution < -0.4 is 4.74 Å². The first-order valence-corrected chi connectivity index (χ1v) is 8.73. The maximum Gasteiger partial charge on any atom is 0.246 e. The molecule has 1 heterocycles. The summed E-state index contributed by atoms with van der Waals surface area (Å²) in [7, 11) is 3.14. The van der Waals surface area contributed by atoms with Crippen molar-refractivity contribution in [1.29, 1.82) is 0 Å². The molecule has 1 atom stereocenters. The number of methoxy groups -OCH3 is 1. The molecule has 0 aliphatic carbocycles. The number of amides is 1. The summed E-state index contributed by atoms with van der Waals surface area (Å²) in [5.41, 5.74) is 2.47. The minimum atomic E-state index is -0.466. The third kappa shape index (κ3) is 4.25. The molecule has 2 aromatic carbocycles. The van der Waals surface area contributed by atoms with E-state index in [1.54, 1.807) is 35.1 Å². The summed E-state index contributed by atoms with van der Waals surface area (Å²) in [6, 6.07) is 12.2. The number of ether oxygens (including phenoxy) is 1. The van der Waals surface area contributed by atoms with Crippen LogP contribution in [0.1, 0.15) is 24.1 Å². The fraction of sp³-hybridized carbons (Fsp3) is 0.190. The van der Waals surface area contributed by atoms with Crippen LogP contribution in [0.15, 0.2) is 61.2 Å². The number of hydrogen-bond donors (Lipinski definition) is 0. The summed E-state index contributed by atoms with van der Waals surface area (Å²) in [6.07, 6.45) is 6.12. The Labute approximate surface area is 162 Å². The van der Waals surface area contributed by atoms with E-state index in [4.69, 9.17) is 4.74 Å². The topological polar surface area (TPSA) is 60.2 Å². The third-order valence-electron chi connectivity index (χ3n) is 4.58. The molecule has 0 saturated carbocycles. The summed E-state index contributed by atoms with van der Waals surface area (Å²) < 4.78 is 20.3. The van der Waals surface area contributed by atoms with Crippen LogP contribution in [0.4, 0.5) is 4.39 Å². The number of aromatic nitrogens is 3. The first-order chi connectivity index (χ1) is 13.5. The Morgan fingerprint density at radius 2 is 2.00 bits per heavy atom. The van der Waals surface area contributed by atoms with E-state index in [-0.39, 0.29) is 17.7 Å². The lowest BCUT2D eigenvalue weighted by molar-refractivity contribution is -0.126. The average Bonchev–Trinajstić information content (AvgIpc) is 3.26. The predicted molar refractivity (Wildman–Crippen MR) is 105 cm³/mol. The molecule has 0 aliphatic rings. The van der Waals surface area contributed by atoms with Gasteiger partial charge in [-0.15, -0.1) is 0 Å². The van der Waals surface area contributed by atoms with Crippen LogP contribution in [0, 0.1) is 5.82 Å². The fourth-order valence-corrected chi connectivity index (χ4v) is 2.73. The van der Waals surface area contributed by atoms with Crippen LogP contribution in [0.25, 0.3) is 11.8 Å². The van der Waals surface area contributed by atoms with Crippen molar-refractivity contribution in [2.24, 2.45) is 0 Å².